The maximum Gasteiger partial charge on any atom is 0.248 e. The van der Waals surface area contributed by atoms with Gasteiger partial charge in [0.1, 0.15) is 18.3 Å². The Morgan fingerprint density at radius 3 is 2.26 bits per heavy atom. The molecule has 0 aromatic heterocycles. The van der Waals surface area contributed by atoms with Gasteiger partial charge in [-0.2, -0.15) is 0 Å². The van der Waals surface area contributed by atoms with Crippen molar-refractivity contribution < 1.29 is 24.0 Å². The third kappa shape index (κ3) is 5.40. The van der Waals surface area contributed by atoms with Crippen LogP contribution >= 0.6 is 0 Å². The molecule has 3 rings (SSSR count). The quantitative estimate of drug-likeness (QED) is 0.603. The molecule has 0 bridgehead atoms. The maximum atomic E-state index is 13.3. The topological polar surface area (TPSA) is 79.4 Å². The van der Waals surface area contributed by atoms with Crippen LogP contribution in [0.2, 0.25) is 0 Å². The number of hydroxylamine groups is 2. The van der Waals surface area contributed by atoms with E-state index in [0.29, 0.717) is 12.3 Å². The Labute approximate surface area is 181 Å². The smallest absolute Gasteiger partial charge is 0.248 e. The van der Waals surface area contributed by atoms with Gasteiger partial charge in [-0.3, -0.25) is 19.2 Å². The van der Waals surface area contributed by atoms with E-state index < -0.39 is 6.04 Å². The molecule has 0 aliphatic carbocycles. The molecular weight excluding hydrogens is 398 g/mol. The fourth-order valence-corrected chi connectivity index (χ4v) is 3.51. The van der Waals surface area contributed by atoms with E-state index in [9.17, 15) is 14.4 Å². The molecule has 2 aromatic rings. The molecule has 1 heterocycles. The van der Waals surface area contributed by atoms with Gasteiger partial charge in [-0.25, -0.2) is 5.06 Å². The summed E-state index contributed by atoms with van der Waals surface area (Å²) in [4.78, 5) is 46.8. The zero-order valence-corrected chi connectivity index (χ0v) is 18.0. The van der Waals surface area contributed by atoms with Crippen molar-refractivity contribution >= 4 is 17.7 Å². The molecule has 3 amide bonds. The SMILES string of the molecule is COc1ccc(CN2C(=O)CN(Cc3ccccc3)C(=O)[C@@H]2CC(=O)N(C)OC)cc1. The fraction of sp³-hybridized carbons (Fsp3) is 0.348. The lowest BCUT2D eigenvalue weighted by Crippen LogP contribution is -2.60. The molecule has 0 spiro atoms. The van der Waals surface area contributed by atoms with Crippen molar-refractivity contribution in [3.05, 3.63) is 65.7 Å². The van der Waals surface area contributed by atoms with Crippen LogP contribution in [0.1, 0.15) is 17.5 Å². The predicted molar refractivity (Wildman–Crippen MR) is 114 cm³/mol. The number of methoxy groups -OCH3 is 1. The summed E-state index contributed by atoms with van der Waals surface area (Å²) in [5.74, 6) is -0.138. The average Bonchev–Trinajstić information content (AvgIpc) is 2.79. The average molecular weight is 425 g/mol. The second kappa shape index (κ2) is 10.1. The number of hydrogen-bond donors (Lipinski definition) is 0. The first kappa shape index (κ1) is 22.3. The minimum absolute atomic E-state index is 0.0330. The standard InChI is InChI=1S/C23H27N3O5/c1-24(31-3)21(27)13-20-23(29)25(14-17-7-5-4-6-8-17)16-22(28)26(20)15-18-9-11-19(30-2)12-10-18/h4-12,20H,13-16H2,1-3H3/t20-/m0/s1. The van der Waals surface area contributed by atoms with E-state index in [2.05, 4.69) is 0 Å². The first-order valence-electron chi connectivity index (χ1n) is 9.98. The van der Waals surface area contributed by atoms with Gasteiger partial charge in [0.05, 0.1) is 20.6 Å². The maximum absolute atomic E-state index is 13.3. The van der Waals surface area contributed by atoms with Crippen LogP contribution in [0, 0.1) is 0 Å². The third-order valence-corrected chi connectivity index (χ3v) is 5.34. The Balaban J connectivity index is 1.84. The van der Waals surface area contributed by atoms with Crippen molar-refractivity contribution in [3.63, 3.8) is 0 Å². The van der Waals surface area contributed by atoms with Gasteiger partial charge < -0.3 is 14.5 Å². The Hall–Kier alpha value is -3.39. The lowest BCUT2D eigenvalue weighted by Gasteiger charge is -2.40. The highest BCUT2D eigenvalue weighted by Crippen LogP contribution is 2.22. The van der Waals surface area contributed by atoms with Crippen LogP contribution in [0.25, 0.3) is 0 Å². The second-order valence-corrected chi connectivity index (χ2v) is 7.34. The number of nitrogens with zero attached hydrogens (tertiary/aromatic N) is 3. The molecule has 1 fully saturated rings. The molecular formula is C23H27N3O5. The largest absolute Gasteiger partial charge is 0.497 e. The molecule has 8 nitrogen and oxygen atoms in total. The minimum atomic E-state index is -0.905. The summed E-state index contributed by atoms with van der Waals surface area (Å²) in [6.07, 6.45) is -0.156. The number of carbonyl (C=O) groups excluding carboxylic acids is 3. The summed E-state index contributed by atoms with van der Waals surface area (Å²) < 4.78 is 5.18. The van der Waals surface area contributed by atoms with Gasteiger partial charge in [0, 0.05) is 20.1 Å². The summed E-state index contributed by atoms with van der Waals surface area (Å²) in [6.45, 7) is 0.504. The molecule has 1 aliphatic rings. The first-order valence-corrected chi connectivity index (χ1v) is 9.98. The van der Waals surface area contributed by atoms with Gasteiger partial charge in [0.15, 0.2) is 0 Å². The molecule has 0 N–H and O–H groups in total. The van der Waals surface area contributed by atoms with Crippen LogP contribution in [-0.4, -0.2) is 66.4 Å². The Morgan fingerprint density at radius 1 is 1.00 bits per heavy atom. The Morgan fingerprint density at radius 2 is 1.65 bits per heavy atom. The van der Waals surface area contributed by atoms with Crippen LogP contribution in [-0.2, 0) is 32.3 Å². The molecule has 31 heavy (non-hydrogen) atoms. The fourth-order valence-electron chi connectivity index (χ4n) is 3.51. The van der Waals surface area contributed by atoms with E-state index in [1.54, 1.807) is 19.2 Å². The van der Waals surface area contributed by atoms with E-state index in [-0.39, 0.29) is 37.2 Å². The predicted octanol–water partition coefficient (Wildman–Crippen LogP) is 1.84. The van der Waals surface area contributed by atoms with Gasteiger partial charge in [-0.15, -0.1) is 0 Å². The van der Waals surface area contributed by atoms with Gasteiger partial charge in [0.2, 0.25) is 17.7 Å². The van der Waals surface area contributed by atoms with Crippen molar-refractivity contribution in [2.24, 2.45) is 0 Å². The van der Waals surface area contributed by atoms with Gasteiger partial charge in [-0.1, -0.05) is 42.5 Å². The van der Waals surface area contributed by atoms with E-state index in [1.807, 2.05) is 42.5 Å². The van der Waals surface area contributed by atoms with Crippen LogP contribution in [0.4, 0.5) is 0 Å². The molecule has 0 unspecified atom stereocenters. The number of rotatable bonds is 8. The lowest BCUT2D eigenvalue weighted by atomic mass is 10.0. The van der Waals surface area contributed by atoms with Crippen molar-refractivity contribution in [3.8, 4) is 5.75 Å². The molecule has 8 heteroatoms. The highest BCUT2D eigenvalue weighted by molar-refractivity contribution is 5.97. The molecule has 0 radical (unpaired) electrons. The lowest BCUT2D eigenvalue weighted by molar-refractivity contribution is -0.173. The number of carbonyl (C=O) groups is 3. The Kier molecular flexibility index (Phi) is 7.25. The van der Waals surface area contributed by atoms with Crippen molar-refractivity contribution in [1.29, 1.82) is 0 Å². The molecule has 0 saturated carbocycles. The number of piperazine rings is 1. The monoisotopic (exact) mass is 425 g/mol. The minimum Gasteiger partial charge on any atom is -0.497 e. The summed E-state index contributed by atoms with van der Waals surface area (Å²) in [5.41, 5.74) is 1.77. The molecule has 1 saturated heterocycles. The van der Waals surface area contributed by atoms with Crippen molar-refractivity contribution in [1.82, 2.24) is 14.9 Å². The van der Waals surface area contributed by atoms with Gasteiger partial charge >= 0.3 is 0 Å². The van der Waals surface area contributed by atoms with Gasteiger partial charge in [-0.05, 0) is 23.3 Å². The van der Waals surface area contributed by atoms with Crippen molar-refractivity contribution in [2.75, 3.05) is 27.8 Å². The number of hydrogen-bond acceptors (Lipinski definition) is 5. The first-order chi connectivity index (χ1) is 14.9. The highest BCUT2D eigenvalue weighted by atomic mass is 16.7. The van der Waals surface area contributed by atoms with E-state index >= 15 is 0 Å². The van der Waals surface area contributed by atoms with Gasteiger partial charge in [0.25, 0.3) is 0 Å². The third-order valence-electron chi connectivity index (χ3n) is 5.34. The van der Waals surface area contributed by atoms with E-state index in [0.717, 1.165) is 16.2 Å². The highest BCUT2D eigenvalue weighted by Gasteiger charge is 2.40. The summed E-state index contributed by atoms with van der Waals surface area (Å²) in [5, 5.41) is 1.07. The summed E-state index contributed by atoms with van der Waals surface area (Å²) in [7, 11) is 4.44. The van der Waals surface area contributed by atoms with E-state index in [4.69, 9.17) is 9.57 Å². The van der Waals surface area contributed by atoms with Crippen LogP contribution < -0.4 is 4.74 Å². The Bertz CT molecular complexity index is 917. The second-order valence-electron chi connectivity index (χ2n) is 7.34. The van der Waals surface area contributed by atoms with Crippen LogP contribution in [0.5, 0.6) is 5.75 Å². The zero-order valence-electron chi connectivity index (χ0n) is 18.0. The number of benzene rings is 2. The molecule has 2 aromatic carbocycles. The molecule has 1 atom stereocenters. The molecule has 164 valence electrons. The van der Waals surface area contributed by atoms with Crippen LogP contribution in [0.3, 0.4) is 0 Å². The summed E-state index contributed by atoms with van der Waals surface area (Å²) >= 11 is 0. The van der Waals surface area contributed by atoms with Crippen LogP contribution in [0.15, 0.2) is 54.6 Å². The van der Waals surface area contributed by atoms with Crippen molar-refractivity contribution in [2.45, 2.75) is 25.6 Å². The number of amides is 3. The molecule has 1 aliphatic heterocycles. The van der Waals surface area contributed by atoms with E-state index in [1.165, 1.54) is 24.0 Å². The zero-order chi connectivity index (χ0) is 22.4. The number of ether oxygens (including phenoxy) is 1. The summed E-state index contributed by atoms with van der Waals surface area (Å²) in [6, 6.07) is 15.8. The normalized spacial score (nSPS) is 16.4.